The summed E-state index contributed by atoms with van der Waals surface area (Å²) in [6.45, 7) is 4.10. The molecule has 15 nitrogen and oxygen atoms in total. The maximum Gasteiger partial charge on any atom is 0.422 e. The van der Waals surface area contributed by atoms with Crippen molar-refractivity contribution in [1.29, 1.82) is 0 Å². The normalized spacial score (nSPS) is 14.2. The molecule has 41 heavy (non-hydrogen) atoms. The number of aryl methyl sites for hydroxylation is 1. The second-order valence-corrected chi connectivity index (χ2v) is 12.3. The Morgan fingerprint density at radius 2 is 1.98 bits per heavy atom. The zero-order chi connectivity index (χ0) is 29.9. The first-order chi connectivity index (χ1) is 19.3. The van der Waals surface area contributed by atoms with Crippen molar-refractivity contribution in [3.05, 3.63) is 52.4 Å². The van der Waals surface area contributed by atoms with Crippen LogP contribution in [0, 0.1) is 5.92 Å². The summed E-state index contributed by atoms with van der Waals surface area (Å²) in [5.74, 6) is -0.645. The number of amidine groups is 1. The SMILES string of the molecule is COCCOC(=O)NS(=O)(=O)Nc1ccc2c(c1)S(=O)(=O)N=C(c1c(O)c3cccnc3n(CCC(C)C)c1=O)N2. The second-order valence-electron chi connectivity index (χ2n) is 9.32. The van der Waals surface area contributed by atoms with Crippen LogP contribution in [0.25, 0.3) is 11.0 Å². The molecule has 3 aromatic rings. The number of sulfonamides is 1. The number of carbonyl (C=O) groups is 1. The van der Waals surface area contributed by atoms with E-state index < -0.39 is 48.4 Å². The number of nitrogens with one attached hydrogen (secondary N) is 3. The van der Waals surface area contributed by atoms with Crippen molar-refractivity contribution in [2.45, 2.75) is 31.7 Å². The van der Waals surface area contributed by atoms with Crippen LogP contribution in [0.3, 0.4) is 0 Å². The van der Waals surface area contributed by atoms with E-state index >= 15 is 0 Å². The van der Waals surface area contributed by atoms with Crippen molar-refractivity contribution in [3.63, 3.8) is 0 Å². The van der Waals surface area contributed by atoms with E-state index in [0.29, 0.717) is 6.42 Å². The van der Waals surface area contributed by atoms with Crippen LogP contribution in [-0.2, 0) is 36.3 Å². The van der Waals surface area contributed by atoms with Crippen molar-refractivity contribution in [2.75, 3.05) is 30.4 Å². The van der Waals surface area contributed by atoms with Gasteiger partial charge in [0.05, 0.1) is 23.4 Å². The Morgan fingerprint density at radius 1 is 1.22 bits per heavy atom. The fourth-order valence-corrected chi connectivity index (χ4v) is 5.86. The van der Waals surface area contributed by atoms with Gasteiger partial charge in [0, 0.05) is 19.9 Å². The van der Waals surface area contributed by atoms with Crippen LogP contribution in [0.5, 0.6) is 5.75 Å². The number of benzene rings is 1. The molecule has 4 N–H and O–H groups in total. The Balaban J connectivity index is 1.68. The maximum absolute atomic E-state index is 13.5. The number of pyridine rings is 2. The number of aromatic nitrogens is 2. The number of aromatic hydroxyl groups is 1. The molecule has 1 amide bonds. The van der Waals surface area contributed by atoms with Crippen LogP contribution in [-0.4, -0.2) is 63.7 Å². The molecule has 0 spiro atoms. The van der Waals surface area contributed by atoms with Crippen molar-refractivity contribution in [2.24, 2.45) is 10.3 Å². The van der Waals surface area contributed by atoms with E-state index in [2.05, 4.69) is 19.4 Å². The lowest BCUT2D eigenvalue weighted by molar-refractivity contribution is 0.102. The van der Waals surface area contributed by atoms with Gasteiger partial charge in [0.15, 0.2) is 5.84 Å². The minimum Gasteiger partial charge on any atom is -0.506 e. The molecule has 0 unspecified atom stereocenters. The van der Waals surface area contributed by atoms with Gasteiger partial charge in [0.1, 0.15) is 28.5 Å². The van der Waals surface area contributed by atoms with E-state index in [-0.39, 0.29) is 53.6 Å². The van der Waals surface area contributed by atoms with Crippen LogP contribution in [0.2, 0.25) is 0 Å². The van der Waals surface area contributed by atoms with E-state index in [1.165, 1.54) is 30.0 Å². The van der Waals surface area contributed by atoms with Crippen LogP contribution in [0.1, 0.15) is 25.8 Å². The molecular weight excluding hydrogens is 580 g/mol. The number of amides is 1. The third-order valence-corrected chi connectivity index (χ3v) is 8.13. The highest BCUT2D eigenvalue weighted by molar-refractivity contribution is 7.91. The molecule has 0 atom stereocenters. The molecule has 1 aliphatic heterocycles. The summed E-state index contributed by atoms with van der Waals surface area (Å²) in [5, 5.41) is 14.0. The zero-order valence-corrected chi connectivity index (χ0v) is 23.9. The summed E-state index contributed by atoms with van der Waals surface area (Å²) in [6.07, 6.45) is 0.839. The average Bonchev–Trinajstić information content (AvgIpc) is 2.88. The van der Waals surface area contributed by atoms with Crippen molar-refractivity contribution >= 4 is 54.6 Å². The highest BCUT2D eigenvalue weighted by atomic mass is 32.2. The van der Waals surface area contributed by atoms with Gasteiger partial charge in [-0.15, -0.1) is 4.40 Å². The number of fused-ring (bicyclic) bond motifs is 2. The first-order valence-electron chi connectivity index (χ1n) is 12.3. The lowest BCUT2D eigenvalue weighted by Gasteiger charge is -2.21. The molecule has 0 bridgehead atoms. The fraction of sp³-hybridized carbons (Fsp3) is 0.333. The summed E-state index contributed by atoms with van der Waals surface area (Å²) < 4.78 is 69.0. The van der Waals surface area contributed by atoms with Crippen molar-refractivity contribution < 1.29 is 36.2 Å². The second kappa shape index (κ2) is 11.7. The summed E-state index contributed by atoms with van der Waals surface area (Å²) in [6, 6.07) is 6.58. The van der Waals surface area contributed by atoms with Crippen LogP contribution in [0.4, 0.5) is 16.2 Å². The predicted molar refractivity (Wildman–Crippen MR) is 150 cm³/mol. The molecule has 17 heteroatoms. The number of methoxy groups -OCH3 is 1. The fourth-order valence-electron chi connectivity index (χ4n) is 3.94. The highest BCUT2D eigenvalue weighted by Crippen LogP contribution is 2.33. The van der Waals surface area contributed by atoms with Gasteiger partial charge in [0.25, 0.3) is 15.6 Å². The molecule has 3 heterocycles. The first kappa shape index (κ1) is 29.8. The van der Waals surface area contributed by atoms with E-state index in [1.54, 1.807) is 16.9 Å². The average molecular weight is 609 g/mol. The summed E-state index contributed by atoms with van der Waals surface area (Å²) in [5.41, 5.74) is -1.03. The first-order valence-corrected chi connectivity index (χ1v) is 15.2. The van der Waals surface area contributed by atoms with Gasteiger partial charge in [0.2, 0.25) is 0 Å². The smallest absolute Gasteiger partial charge is 0.422 e. The molecule has 1 aromatic carbocycles. The van der Waals surface area contributed by atoms with E-state index in [9.17, 15) is 31.5 Å². The van der Waals surface area contributed by atoms with Crippen molar-refractivity contribution in [1.82, 2.24) is 14.3 Å². The molecule has 2 aromatic heterocycles. The Kier molecular flexibility index (Phi) is 8.50. The van der Waals surface area contributed by atoms with Crippen LogP contribution in [0.15, 0.2) is 50.6 Å². The Labute approximate surface area is 235 Å². The summed E-state index contributed by atoms with van der Waals surface area (Å²) in [4.78, 5) is 29.0. The third-order valence-electron chi connectivity index (χ3n) is 5.87. The van der Waals surface area contributed by atoms with Crippen LogP contribution < -0.4 is 20.3 Å². The zero-order valence-electron chi connectivity index (χ0n) is 22.2. The number of rotatable bonds is 10. The Hall–Kier alpha value is -4.22. The van der Waals surface area contributed by atoms with Gasteiger partial charge < -0.3 is 19.9 Å². The highest BCUT2D eigenvalue weighted by Gasteiger charge is 2.31. The van der Waals surface area contributed by atoms with Gasteiger partial charge in [-0.05, 0) is 42.7 Å². The molecule has 0 fully saturated rings. The van der Waals surface area contributed by atoms with Crippen LogP contribution >= 0.6 is 0 Å². The molecule has 4 rings (SSSR count). The standard InChI is InChI=1S/C24H28N6O9S2/c1-14(2)8-10-30-22-16(5-4-9-25-22)20(31)19(23(30)32)21-26-17-7-6-15(13-18(17)40(34,35)28-21)27-41(36,37)29-24(33)39-12-11-38-3/h4-7,9,13-14,27,31H,8,10-12H2,1-3H3,(H,26,28)(H,29,33). The monoisotopic (exact) mass is 608 g/mol. The molecule has 220 valence electrons. The molecule has 0 saturated heterocycles. The topological polar surface area (TPSA) is 207 Å². The molecule has 1 aliphatic rings. The minimum absolute atomic E-state index is 0.0244. The predicted octanol–water partition coefficient (Wildman–Crippen LogP) is 1.74. The number of carbonyl (C=O) groups excluding carboxylic acids is 1. The maximum atomic E-state index is 13.5. The lowest BCUT2D eigenvalue weighted by atomic mass is 10.1. The lowest BCUT2D eigenvalue weighted by Crippen LogP contribution is -2.36. The van der Waals surface area contributed by atoms with Crippen molar-refractivity contribution in [3.8, 4) is 5.75 Å². The van der Waals surface area contributed by atoms with E-state index in [4.69, 9.17) is 4.74 Å². The molecular formula is C24H28N6O9S2. The summed E-state index contributed by atoms with van der Waals surface area (Å²) >= 11 is 0. The number of anilines is 2. The quantitative estimate of drug-likeness (QED) is 0.244. The van der Waals surface area contributed by atoms with Gasteiger partial charge >= 0.3 is 16.3 Å². The number of ether oxygens (including phenoxy) is 2. The van der Waals surface area contributed by atoms with E-state index in [0.717, 1.165) is 6.07 Å². The number of nitrogens with zero attached hydrogens (tertiary/aromatic N) is 3. The molecule has 0 radical (unpaired) electrons. The van der Waals surface area contributed by atoms with Gasteiger partial charge in [-0.2, -0.15) is 16.8 Å². The number of hydrogen-bond donors (Lipinski definition) is 4. The van der Waals surface area contributed by atoms with Gasteiger partial charge in [-0.1, -0.05) is 13.8 Å². The van der Waals surface area contributed by atoms with Gasteiger partial charge in [-0.3, -0.25) is 14.1 Å². The third kappa shape index (κ3) is 6.58. The summed E-state index contributed by atoms with van der Waals surface area (Å²) in [7, 11) is -7.61. The minimum atomic E-state index is -4.49. The van der Waals surface area contributed by atoms with Gasteiger partial charge in [-0.25, -0.2) is 14.5 Å². The number of hydrogen-bond acceptors (Lipinski definition) is 11. The van der Waals surface area contributed by atoms with E-state index in [1.807, 2.05) is 18.6 Å². The largest absolute Gasteiger partial charge is 0.506 e. The molecule has 0 saturated carbocycles. The Bertz CT molecular complexity index is 1800. The molecule has 0 aliphatic carbocycles. The Morgan fingerprint density at radius 3 is 2.68 bits per heavy atom.